The Balaban J connectivity index is 2.23. The van der Waals surface area contributed by atoms with Crippen molar-refractivity contribution in [1.29, 1.82) is 0 Å². The van der Waals surface area contributed by atoms with Gasteiger partial charge in [-0.1, -0.05) is 0 Å². The van der Waals surface area contributed by atoms with E-state index in [-0.39, 0.29) is 11.0 Å². The second-order valence-corrected chi connectivity index (χ2v) is 7.42. The number of aryl methyl sites for hydroxylation is 1. The number of fused-ring (bicyclic) bond motifs is 1. The Morgan fingerprint density at radius 3 is 2.67 bits per heavy atom. The number of aromatic nitrogens is 1. The Morgan fingerprint density at radius 1 is 1.28 bits per heavy atom. The average molecular weight is 266 g/mol. The molecule has 0 spiro atoms. The number of nitrogens with zero attached hydrogens (tertiary/aromatic N) is 1. The summed E-state index contributed by atoms with van der Waals surface area (Å²) < 4.78 is 25.5. The van der Waals surface area contributed by atoms with E-state index in [0.717, 1.165) is 16.6 Å². The van der Waals surface area contributed by atoms with Crippen LogP contribution in [0.25, 0.3) is 10.9 Å². The minimum atomic E-state index is -3.00. The highest BCUT2D eigenvalue weighted by Crippen LogP contribution is 2.19. The zero-order valence-corrected chi connectivity index (χ0v) is 11.4. The number of nitrogens with two attached hydrogens (primary N) is 1. The van der Waals surface area contributed by atoms with Crippen LogP contribution in [0.5, 0.6) is 0 Å². The van der Waals surface area contributed by atoms with Gasteiger partial charge in [0.05, 0.1) is 11.0 Å². The molecule has 1 aromatic carbocycles. The Kier molecular flexibility index (Phi) is 3.34. The van der Waals surface area contributed by atoms with Crippen LogP contribution in [0.15, 0.2) is 30.5 Å². The lowest BCUT2D eigenvalue weighted by atomic mass is 10.2. The molecule has 0 radical (unpaired) electrons. The first kappa shape index (κ1) is 13.0. The normalized spacial score (nSPS) is 12.4. The fourth-order valence-electron chi connectivity index (χ4n) is 1.87. The number of rotatable bonds is 4. The minimum absolute atomic E-state index is 0.165. The molecule has 1 aromatic heterocycles. The van der Waals surface area contributed by atoms with Gasteiger partial charge in [0, 0.05) is 29.3 Å². The van der Waals surface area contributed by atoms with Crippen molar-refractivity contribution in [2.75, 3.05) is 11.5 Å². The van der Waals surface area contributed by atoms with Crippen molar-refractivity contribution >= 4 is 26.4 Å². The first-order valence-corrected chi connectivity index (χ1v) is 7.67. The zero-order valence-electron chi connectivity index (χ0n) is 10.6. The molecule has 0 bridgehead atoms. The monoisotopic (exact) mass is 266 g/mol. The van der Waals surface area contributed by atoms with Gasteiger partial charge in [-0.3, -0.25) is 0 Å². The summed E-state index contributed by atoms with van der Waals surface area (Å²) in [6, 6.07) is 7.60. The summed E-state index contributed by atoms with van der Waals surface area (Å²) >= 11 is 0. The third-order valence-electron chi connectivity index (χ3n) is 3.13. The van der Waals surface area contributed by atoms with Gasteiger partial charge in [0.2, 0.25) is 0 Å². The third kappa shape index (κ3) is 2.51. The molecule has 0 saturated heterocycles. The smallest absolute Gasteiger partial charge is 0.154 e. The molecule has 2 N–H and O–H groups in total. The fourth-order valence-corrected chi connectivity index (χ4v) is 2.80. The molecule has 0 atom stereocenters. The molecule has 0 saturated carbocycles. The van der Waals surface area contributed by atoms with Crippen molar-refractivity contribution in [1.82, 2.24) is 4.57 Å². The molecular formula is C13H18N2O2S. The van der Waals surface area contributed by atoms with E-state index in [1.807, 2.05) is 35.0 Å². The summed E-state index contributed by atoms with van der Waals surface area (Å²) in [5.74, 6) is 0.165. The SMILES string of the molecule is CC(C)S(=O)(=O)CCn1ccc2cc(N)ccc21. The van der Waals surface area contributed by atoms with Crippen LogP contribution in [-0.4, -0.2) is 24.0 Å². The number of hydrogen-bond acceptors (Lipinski definition) is 3. The summed E-state index contributed by atoms with van der Waals surface area (Å²) in [7, 11) is -3.00. The summed E-state index contributed by atoms with van der Waals surface area (Å²) in [6.45, 7) is 3.90. The van der Waals surface area contributed by atoms with Crippen LogP contribution < -0.4 is 5.73 Å². The topological polar surface area (TPSA) is 65.1 Å². The first-order chi connectivity index (χ1) is 8.40. The van der Waals surface area contributed by atoms with E-state index in [4.69, 9.17) is 5.73 Å². The number of sulfone groups is 1. The van der Waals surface area contributed by atoms with Gasteiger partial charge < -0.3 is 10.3 Å². The van der Waals surface area contributed by atoms with E-state index < -0.39 is 9.84 Å². The summed E-state index contributed by atoms with van der Waals surface area (Å²) in [6.07, 6.45) is 1.90. The molecule has 4 nitrogen and oxygen atoms in total. The number of hydrogen-bond donors (Lipinski definition) is 1. The average Bonchev–Trinajstić information content (AvgIpc) is 2.68. The number of benzene rings is 1. The van der Waals surface area contributed by atoms with E-state index in [0.29, 0.717) is 6.54 Å². The second kappa shape index (κ2) is 4.65. The Labute approximate surface area is 107 Å². The van der Waals surface area contributed by atoms with Crippen molar-refractivity contribution in [3.8, 4) is 0 Å². The number of nitrogen functional groups attached to an aromatic ring is 1. The predicted octanol–water partition coefficient (Wildman–Crippen LogP) is 2.05. The van der Waals surface area contributed by atoms with Crippen LogP contribution in [0.4, 0.5) is 5.69 Å². The Hall–Kier alpha value is -1.49. The van der Waals surface area contributed by atoms with E-state index in [2.05, 4.69) is 0 Å². The van der Waals surface area contributed by atoms with Gasteiger partial charge in [-0.05, 0) is 38.1 Å². The van der Waals surface area contributed by atoms with Crippen LogP contribution in [0.1, 0.15) is 13.8 Å². The van der Waals surface area contributed by atoms with Gasteiger partial charge >= 0.3 is 0 Å². The molecule has 0 fully saturated rings. The molecule has 98 valence electrons. The molecular weight excluding hydrogens is 248 g/mol. The molecule has 0 aliphatic heterocycles. The standard InChI is InChI=1S/C13H18N2O2S/c1-10(2)18(16,17)8-7-15-6-5-11-9-12(14)3-4-13(11)15/h3-6,9-10H,7-8,14H2,1-2H3. The van der Waals surface area contributed by atoms with E-state index in [9.17, 15) is 8.42 Å². The van der Waals surface area contributed by atoms with Crippen molar-refractivity contribution in [2.45, 2.75) is 25.6 Å². The largest absolute Gasteiger partial charge is 0.399 e. The van der Waals surface area contributed by atoms with Crippen LogP contribution in [0.2, 0.25) is 0 Å². The maximum absolute atomic E-state index is 11.8. The quantitative estimate of drug-likeness (QED) is 0.861. The van der Waals surface area contributed by atoms with Gasteiger partial charge in [-0.15, -0.1) is 0 Å². The highest BCUT2D eigenvalue weighted by Gasteiger charge is 2.16. The van der Waals surface area contributed by atoms with Gasteiger partial charge in [0.15, 0.2) is 9.84 Å². The minimum Gasteiger partial charge on any atom is -0.399 e. The highest BCUT2D eigenvalue weighted by atomic mass is 32.2. The van der Waals surface area contributed by atoms with Gasteiger partial charge in [0.1, 0.15) is 0 Å². The molecule has 1 heterocycles. The predicted molar refractivity (Wildman–Crippen MR) is 75.3 cm³/mol. The molecule has 18 heavy (non-hydrogen) atoms. The number of anilines is 1. The van der Waals surface area contributed by atoms with Crippen molar-refractivity contribution < 1.29 is 8.42 Å². The van der Waals surface area contributed by atoms with Crippen LogP contribution in [0, 0.1) is 0 Å². The van der Waals surface area contributed by atoms with E-state index in [1.54, 1.807) is 13.8 Å². The van der Waals surface area contributed by atoms with Crippen LogP contribution in [0.3, 0.4) is 0 Å². The maximum Gasteiger partial charge on any atom is 0.154 e. The highest BCUT2D eigenvalue weighted by molar-refractivity contribution is 7.91. The molecule has 0 unspecified atom stereocenters. The van der Waals surface area contributed by atoms with Gasteiger partial charge in [-0.25, -0.2) is 8.42 Å². The van der Waals surface area contributed by atoms with Crippen molar-refractivity contribution in [3.05, 3.63) is 30.5 Å². The van der Waals surface area contributed by atoms with Crippen molar-refractivity contribution in [3.63, 3.8) is 0 Å². The molecule has 0 aliphatic carbocycles. The van der Waals surface area contributed by atoms with E-state index >= 15 is 0 Å². The molecule has 5 heteroatoms. The Morgan fingerprint density at radius 2 is 2.00 bits per heavy atom. The van der Waals surface area contributed by atoms with Crippen LogP contribution >= 0.6 is 0 Å². The summed E-state index contributed by atoms with van der Waals surface area (Å²) in [5.41, 5.74) is 7.45. The lowest BCUT2D eigenvalue weighted by molar-refractivity contribution is 0.581. The maximum atomic E-state index is 11.8. The Bertz CT molecular complexity index is 657. The van der Waals surface area contributed by atoms with Crippen LogP contribution in [-0.2, 0) is 16.4 Å². The molecule has 0 aliphatic rings. The van der Waals surface area contributed by atoms with Crippen molar-refractivity contribution in [2.24, 2.45) is 0 Å². The first-order valence-electron chi connectivity index (χ1n) is 5.96. The second-order valence-electron chi connectivity index (χ2n) is 4.74. The van der Waals surface area contributed by atoms with E-state index in [1.165, 1.54) is 0 Å². The molecule has 2 aromatic rings. The fraction of sp³-hybridized carbons (Fsp3) is 0.385. The third-order valence-corrected chi connectivity index (χ3v) is 5.32. The molecule has 0 amide bonds. The summed E-state index contributed by atoms with van der Waals surface area (Å²) in [5, 5.41) is 0.715. The van der Waals surface area contributed by atoms with Gasteiger partial charge in [0.25, 0.3) is 0 Å². The zero-order chi connectivity index (χ0) is 13.3. The lowest BCUT2D eigenvalue weighted by Crippen LogP contribution is -2.20. The lowest BCUT2D eigenvalue weighted by Gasteiger charge is -2.09. The van der Waals surface area contributed by atoms with Gasteiger partial charge in [-0.2, -0.15) is 0 Å². The summed E-state index contributed by atoms with van der Waals surface area (Å²) in [4.78, 5) is 0. The molecule has 2 rings (SSSR count).